The van der Waals surface area contributed by atoms with Crippen LogP contribution in [0.2, 0.25) is 5.02 Å². The van der Waals surface area contributed by atoms with Crippen LogP contribution in [-0.4, -0.2) is 72.6 Å². The second-order valence-corrected chi connectivity index (χ2v) is 8.40. The van der Waals surface area contributed by atoms with E-state index in [1.165, 1.54) is 4.90 Å². The zero-order chi connectivity index (χ0) is 23.4. The highest BCUT2D eigenvalue weighted by molar-refractivity contribution is 6.46. The fourth-order valence-electron chi connectivity index (χ4n) is 4.26. The van der Waals surface area contributed by atoms with Crippen LogP contribution in [0.25, 0.3) is 5.76 Å². The highest BCUT2D eigenvalue weighted by Crippen LogP contribution is 2.40. The molecular formula is C25H27ClN2O5. The zero-order valence-electron chi connectivity index (χ0n) is 18.5. The molecule has 4 rings (SSSR count). The SMILES string of the molecule is CCOc1cccc(C(O)=C2C(=O)C(=O)N(CCN3CCOCC3)C2c2cccc(Cl)c2)c1. The van der Waals surface area contributed by atoms with Crippen LogP contribution in [0.1, 0.15) is 24.1 Å². The van der Waals surface area contributed by atoms with Crippen LogP contribution in [-0.2, 0) is 14.3 Å². The van der Waals surface area contributed by atoms with Crippen molar-refractivity contribution in [2.75, 3.05) is 46.0 Å². The highest BCUT2D eigenvalue weighted by Gasteiger charge is 2.46. The maximum absolute atomic E-state index is 13.2. The van der Waals surface area contributed by atoms with E-state index in [1.54, 1.807) is 42.5 Å². The van der Waals surface area contributed by atoms with Gasteiger partial charge >= 0.3 is 0 Å². The van der Waals surface area contributed by atoms with Gasteiger partial charge in [0, 0.05) is 36.8 Å². The van der Waals surface area contributed by atoms with Gasteiger partial charge in [-0.25, -0.2) is 0 Å². The molecule has 0 bridgehead atoms. The number of amides is 1. The van der Waals surface area contributed by atoms with E-state index < -0.39 is 17.7 Å². The van der Waals surface area contributed by atoms with E-state index in [0.29, 0.717) is 54.8 Å². The maximum Gasteiger partial charge on any atom is 0.295 e. The predicted molar refractivity (Wildman–Crippen MR) is 125 cm³/mol. The molecule has 33 heavy (non-hydrogen) atoms. The Kier molecular flexibility index (Phi) is 7.33. The van der Waals surface area contributed by atoms with Crippen molar-refractivity contribution in [3.63, 3.8) is 0 Å². The third-order valence-corrected chi connectivity index (χ3v) is 6.12. The van der Waals surface area contributed by atoms with Gasteiger partial charge in [-0.3, -0.25) is 14.5 Å². The van der Waals surface area contributed by atoms with Gasteiger partial charge in [0.15, 0.2) is 0 Å². The number of halogens is 1. The number of nitrogens with zero attached hydrogens (tertiary/aromatic N) is 2. The second-order valence-electron chi connectivity index (χ2n) is 7.96. The van der Waals surface area contributed by atoms with Crippen LogP contribution in [0.5, 0.6) is 5.75 Å². The monoisotopic (exact) mass is 470 g/mol. The number of morpholine rings is 1. The standard InChI is InChI=1S/C25H27ClN2O5/c1-2-33-20-8-4-6-18(16-20)23(29)21-22(17-5-3-7-19(26)15-17)28(25(31)24(21)30)10-9-27-11-13-32-14-12-27/h3-8,15-16,22,29H,2,9-14H2,1H3. The molecule has 2 aliphatic heterocycles. The summed E-state index contributed by atoms with van der Waals surface area (Å²) in [5, 5.41) is 11.7. The minimum Gasteiger partial charge on any atom is -0.507 e. The largest absolute Gasteiger partial charge is 0.507 e. The summed E-state index contributed by atoms with van der Waals surface area (Å²) in [4.78, 5) is 30.0. The van der Waals surface area contributed by atoms with Crippen molar-refractivity contribution in [2.45, 2.75) is 13.0 Å². The molecule has 0 saturated carbocycles. The van der Waals surface area contributed by atoms with E-state index in [1.807, 2.05) is 13.0 Å². The molecule has 1 atom stereocenters. The lowest BCUT2D eigenvalue weighted by Gasteiger charge is -2.31. The Morgan fingerprint density at radius 1 is 1.12 bits per heavy atom. The van der Waals surface area contributed by atoms with Gasteiger partial charge < -0.3 is 19.5 Å². The number of hydrogen-bond acceptors (Lipinski definition) is 6. The van der Waals surface area contributed by atoms with Gasteiger partial charge in [-0.1, -0.05) is 35.9 Å². The van der Waals surface area contributed by atoms with Gasteiger partial charge in [-0.15, -0.1) is 0 Å². The van der Waals surface area contributed by atoms with Gasteiger partial charge in [0.1, 0.15) is 11.5 Å². The summed E-state index contributed by atoms with van der Waals surface area (Å²) in [7, 11) is 0. The van der Waals surface area contributed by atoms with E-state index in [4.69, 9.17) is 21.1 Å². The fraction of sp³-hybridized carbons (Fsp3) is 0.360. The van der Waals surface area contributed by atoms with Crippen molar-refractivity contribution in [1.82, 2.24) is 9.80 Å². The predicted octanol–water partition coefficient (Wildman–Crippen LogP) is 3.49. The Balaban J connectivity index is 1.74. The number of carbonyl (C=O) groups is 2. The van der Waals surface area contributed by atoms with Crippen LogP contribution in [0, 0.1) is 0 Å². The van der Waals surface area contributed by atoms with Gasteiger partial charge in [-0.05, 0) is 36.8 Å². The molecule has 0 aliphatic carbocycles. The third kappa shape index (κ3) is 5.05. The Morgan fingerprint density at radius 3 is 2.61 bits per heavy atom. The minimum absolute atomic E-state index is 0.0536. The van der Waals surface area contributed by atoms with Crippen molar-refractivity contribution in [2.24, 2.45) is 0 Å². The molecule has 2 heterocycles. The Hall–Kier alpha value is -2.87. The molecule has 2 aliphatic rings. The van der Waals surface area contributed by atoms with Crippen LogP contribution >= 0.6 is 11.6 Å². The fourth-order valence-corrected chi connectivity index (χ4v) is 4.46. The van der Waals surface area contributed by atoms with Gasteiger partial charge in [-0.2, -0.15) is 0 Å². The quantitative estimate of drug-likeness (QED) is 0.379. The third-order valence-electron chi connectivity index (χ3n) is 5.88. The Morgan fingerprint density at radius 2 is 1.88 bits per heavy atom. The Labute approximate surface area is 198 Å². The summed E-state index contributed by atoms with van der Waals surface area (Å²) in [6.45, 7) is 6.13. The van der Waals surface area contributed by atoms with Crippen LogP contribution < -0.4 is 4.74 Å². The number of ketones is 1. The lowest BCUT2D eigenvalue weighted by molar-refractivity contribution is -0.140. The van der Waals surface area contributed by atoms with Crippen LogP contribution in [0.4, 0.5) is 0 Å². The maximum atomic E-state index is 13.2. The second kappa shape index (κ2) is 10.4. The lowest BCUT2D eigenvalue weighted by atomic mass is 9.95. The van der Waals surface area contributed by atoms with E-state index in [-0.39, 0.29) is 11.3 Å². The molecule has 1 amide bonds. The molecular weight excluding hydrogens is 444 g/mol. The van der Waals surface area contributed by atoms with Crippen LogP contribution in [0.3, 0.4) is 0 Å². The number of Topliss-reactive ketones (excluding diaryl/α,β-unsaturated/α-hetero) is 1. The van der Waals surface area contributed by atoms with Crippen LogP contribution in [0.15, 0.2) is 54.1 Å². The number of ether oxygens (including phenoxy) is 2. The molecule has 2 fully saturated rings. The van der Waals surface area contributed by atoms with E-state index in [2.05, 4.69) is 4.90 Å². The number of benzene rings is 2. The number of rotatable bonds is 7. The van der Waals surface area contributed by atoms with Crippen molar-refractivity contribution >= 4 is 29.1 Å². The lowest BCUT2D eigenvalue weighted by Crippen LogP contribution is -2.42. The average molecular weight is 471 g/mol. The first kappa shape index (κ1) is 23.3. The molecule has 0 radical (unpaired) electrons. The van der Waals surface area contributed by atoms with E-state index in [0.717, 1.165) is 13.1 Å². The first-order valence-electron chi connectivity index (χ1n) is 11.1. The molecule has 174 valence electrons. The molecule has 7 nitrogen and oxygen atoms in total. The summed E-state index contributed by atoms with van der Waals surface area (Å²) >= 11 is 6.24. The smallest absolute Gasteiger partial charge is 0.295 e. The van der Waals surface area contributed by atoms with Crippen molar-refractivity contribution in [1.29, 1.82) is 0 Å². The number of aliphatic hydroxyl groups excluding tert-OH is 1. The topological polar surface area (TPSA) is 79.3 Å². The molecule has 8 heteroatoms. The summed E-state index contributed by atoms with van der Waals surface area (Å²) in [6, 6.07) is 13.2. The summed E-state index contributed by atoms with van der Waals surface area (Å²) in [5.41, 5.74) is 1.14. The molecule has 2 aromatic rings. The zero-order valence-corrected chi connectivity index (χ0v) is 19.3. The molecule has 2 aromatic carbocycles. The number of aliphatic hydroxyl groups is 1. The molecule has 0 spiro atoms. The number of carbonyl (C=O) groups excluding carboxylic acids is 2. The van der Waals surface area contributed by atoms with Gasteiger partial charge in [0.2, 0.25) is 0 Å². The first-order chi connectivity index (χ1) is 16.0. The molecule has 2 saturated heterocycles. The Bertz CT molecular complexity index is 1060. The molecule has 0 aromatic heterocycles. The van der Waals surface area contributed by atoms with Crippen molar-refractivity contribution in [3.05, 3.63) is 70.3 Å². The van der Waals surface area contributed by atoms with Crippen molar-refractivity contribution < 1.29 is 24.2 Å². The summed E-state index contributed by atoms with van der Waals surface area (Å²) < 4.78 is 10.9. The van der Waals surface area contributed by atoms with Crippen molar-refractivity contribution in [3.8, 4) is 5.75 Å². The number of likely N-dealkylation sites (tertiary alicyclic amines) is 1. The summed E-state index contributed by atoms with van der Waals surface area (Å²) in [5.74, 6) is -0.992. The van der Waals surface area contributed by atoms with Gasteiger partial charge in [0.25, 0.3) is 11.7 Å². The molecule has 1 N–H and O–H groups in total. The molecule has 1 unspecified atom stereocenters. The normalized spacial score (nSPS) is 20.9. The first-order valence-corrected chi connectivity index (χ1v) is 11.4. The van der Waals surface area contributed by atoms with Gasteiger partial charge in [0.05, 0.1) is 31.4 Å². The number of hydrogen-bond donors (Lipinski definition) is 1. The average Bonchev–Trinajstić information content (AvgIpc) is 3.08. The minimum atomic E-state index is -0.736. The summed E-state index contributed by atoms with van der Waals surface area (Å²) in [6.07, 6.45) is 0. The van der Waals surface area contributed by atoms with E-state index in [9.17, 15) is 14.7 Å². The highest BCUT2D eigenvalue weighted by atomic mass is 35.5. The van der Waals surface area contributed by atoms with E-state index >= 15 is 0 Å².